The number of rotatable bonds is 4. The molecule has 2 aromatic carbocycles. The molecule has 0 aromatic heterocycles. The van der Waals surface area contributed by atoms with E-state index in [1.165, 1.54) is 6.21 Å². The molecule has 0 spiro atoms. The van der Waals surface area contributed by atoms with Crippen molar-refractivity contribution in [3.63, 3.8) is 0 Å². The van der Waals surface area contributed by atoms with Gasteiger partial charge in [-0.05, 0) is 42.8 Å². The van der Waals surface area contributed by atoms with Crippen LogP contribution in [0.15, 0.2) is 47.6 Å². The summed E-state index contributed by atoms with van der Waals surface area (Å²) in [5.74, 6) is -0.234. The van der Waals surface area contributed by atoms with Crippen LogP contribution in [-0.4, -0.2) is 24.6 Å². The number of anilines is 1. The van der Waals surface area contributed by atoms with E-state index in [0.717, 1.165) is 18.7 Å². The zero-order chi connectivity index (χ0) is 17.8. The molecule has 3 rings (SSSR count). The van der Waals surface area contributed by atoms with Gasteiger partial charge >= 0.3 is 0 Å². The zero-order valence-corrected chi connectivity index (χ0v) is 14.7. The van der Waals surface area contributed by atoms with Crippen LogP contribution in [0.1, 0.15) is 28.8 Å². The van der Waals surface area contributed by atoms with E-state index in [1.807, 2.05) is 0 Å². The minimum Gasteiger partial charge on any atom is -0.312 e. The highest BCUT2D eigenvalue weighted by Crippen LogP contribution is 2.22. The lowest BCUT2D eigenvalue weighted by Crippen LogP contribution is -2.24. The Kier molecular flexibility index (Phi) is 5.36. The maximum Gasteiger partial charge on any atom is 0.271 e. The molecule has 1 aliphatic heterocycles. The Labute approximate surface area is 155 Å². The Morgan fingerprint density at radius 3 is 2.56 bits per heavy atom. The van der Waals surface area contributed by atoms with Crippen molar-refractivity contribution in [1.29, 1.82) is 0 Å². The molecule has 1 saturated heterocycles. The third kappa shape index (κ3) is 4.18. The average molecular weight is 376 g/mol. The van der Waals surface area contributed by atoms with E-state index >= 15 is 0 Å². The molecule has 2 aromatic rings. The Morgan fingerprint density at radius 1 is 1.16 bits per heavy atom. The standard InChI is InChI=1S/C18H15Cl2N3O2/c19-14-6-3-13(16(20)10-14)11-21-22-18(25)12-4-7-15(8-5-12)23-9-1-2-17(23)24/h3-8,10-11H,1-2,9H2,(H,22,25)/b21-11+. The van der Waals surface area contributed by atoms with Crippen LogP contribution in [-0.2, 0) is 4.79 Å². The van der Waals surface area contributed by atoms with E-state index in [9.17, 15) is 9.59 Å². The van der Waals surface area contributed by atoms with Crippen molar-refractivity contribution in [3.8, 4) is 0 Å². The maximum absolute atomic E-state index is 12.1. The number of nitrogens with one attached hydrogen (secondary N) is 1. The highest BCUT2D eigenvalue weighted by molar-refractivity contribution is 6.36. The lowest BCUT2D eigenvalue weighted by atomic mass is 10.2. The first kappa shape index (κ1) is 17.5. The van der Waals surface area contributed by atoms with Crippen LogP contribution in [0.5, 0.6) is 0 Å². The fraction of sp³-hybridized carbons (Fsp3) is 0.167. The minimum atomic E-state index is -0.347. The molecular weight excluding hydrogens is 361 g/mol. The normalized spacial score (nSPS) is 14.3. The molecule has 0 saturated carbocycles. The van der Waals surface area contributed by atoms with E-state index in [2.05, 4.69) is 10.5 Å². The van der Waals surface area contributed by atoms with E-state index < -0.39 is 0 Å². The number of amides is 2. The van der Waals surface area contributed by atoms with Gasteiger partial charge in [0.25, 0.3) is 5.91 Å². The number of carbonyl (C=O) groups excluding carboxylic acids is 2. The van der Waals surface area contributed by atoms with Gasteiger partial charge in [-0.15, -0.1) is 0 Å². The molecule has 0 atom stereocenters. The topological polar surface area (TPSA) is 61.8 Å². The molecule has 0 unspecified atom stereocenters. The SMILES string of the molecule is O=C(N/N=C/c1ccc(Cl)cc1Cl)c1ccc(N2CCCC2=O)cc1. The summed E-state index contributed by atoms with van der Waals surface area (Å²) in [5.41, 5.74) is 4.35. The second-order valence-corrected chi connectivity index (χ2v) is 6.40. The molecule has 1 aliphatic rings. The van der Waals surface area contributed by atoms with Gasteiger partial charge in [0.05, 0.1) is 11.2 Å². The Bertz CT molecular complexity index is 835. The molecule has 0 radical (unpaired) electrons. The van der Waals surface area contributed by atoms with Crippen molar-refractivity contribution in [1.82, 2.24) is 5.43 Å². The first-order valence-electron chi connectivity index (χ1n) is 7.73. The predicted molar refractivity (Wildman–Crippen MR) is 99.6 cm³/mol. The van der Waals surface area contributed by atoms with Crippen molar-refractivity contribution in [2.45, 2.75) is 12.8 Å². The fourth-order valence-corrected chi connectivity index (χ4v) is 3.00. The van der Waals surface area contributed by atoms with Crippen molar-refractivity contribution in [3.05, 3.63) is 63.6 Å². The molecule has 1 fully saturated rings. The second-order valence-electron chi connectivity index (χ2n) is 5.56. The summed E-state index contributed by atoms with van der Waals surface area (Å²) in [6, 6.07) is 11.9. The molecule has 2 amide bonds. The summed E-state index contributed by atoms with van der Waals surface area (Å²) in [6.45, 7) is 0.719. The number of hydrogen-bond donors (Lipinski definition) is 1. The van der Waals surface area contributed by atoms with Gasteiger partial charge in [0.2, 0.25) is 5.91 Å². The van der Waals surface area contributed by atoms with Crippen LogP contribution in [0.4, 0.5) is 5.69 Å². The number of nitrogens with zero attached hydrogens (tertiary/aromatic N) is 2. The van der Waals surface area contributed by atoms with Gasteiger partial charge in [-0.25, -0.2) is 5.43 Å². The molecule has 128 valence electrons. The van der Waals surface area contributed by atoms with Crippen molar-refractivity contribution in [2.75, 3.05) is 11.4 Å². The Hall–Kier alpha value is -2.37. The largest absolute Gasteiger partial charge is 0.312 e. The van der Waals surface area contributed by atoms with Crippen molar-refractivity contribution < 1.29 is 9.59 Å². The summed E-state index contributed by atoms with van der Waals surface area (Å²) >= 11 is 11.9. The average Bonchev–Trinajstić information content (AvgIpc) is 3.03. The maximum atomic E-state index is 12.1. The van der Waals surface area contributed by atoms with E-state index in [4.69, 9.17) is 23.2 Å². The lowest BCUT2D eigenvalue weighted by molar-refractivity contribution is -0.117. The highest BCUT2D eigenvalue weighted by atomic mass is 35.5. The van der Waals surface area contributed by atoms with Gasteiger partial charge in [-0.1, -0.05) is 29.3 Å². The van der Waals surface area contributed by atoms with E-state index in [1.54, 1.807) is 47.4 Å². The van der Waals surface area contributed by atoms with Gasteiger partial charge in [-0.3, -0.25) is 9.59 Å². The molecule has 25 heavy (non-hydrogen) atoms. The third-order valence-electron chi connectivity index (χ3n) is 3.85. The quantitative estimate of drug-likeness (QED) is 0.650. The second kappa shape index (κ2) is 7.68. The summed E-state index contributed by atoms with van der Waals surface area (Å²) < 4.78 is 0. The first-order valence-corrected chi connectivity index (χ1v) is 8.49. The van der Waals surface area contributed by atoms with Gasteiger partial charge in [0.15, 0.2) is 0 Å². The van der Waals surface area contributed by atoms with Gasteiger partial charge in [0.1, 0.15) is 0 Å². The molecule has 0 bridgehead atoms. The van der Waals surface area contributed by atoms with E-state index in [0.29, 0.717) is 27.6 Å². The van der Waals surface area contributed by atoms with Crippen LogP contribution in [0.2, 0.25) is 10.0 Å². The molecule has 1 heterocycles. The van der Waals surface area contributed by atoms with Gasteiger partial charge in [0, 0.05) is 34.8 Å². The van der Waals surface area contributed by atoms with Crippen LogP contribution in [0.3, 0.4) is 0 Å². The smallest absolute Gasteiger partial charge is 0.271 e. The molecule has 1 N–H and O–H groups in total. The van der Waals surface area contributed by atoms with Gasteiger partial charge in [-0.2, -0.15) is 5.10 Å². The van der Waals surface area contributed by atoms with Crippen LogP contribution < -0.4 is 10.3 Å². The fourth-order valence-electron chi connectivity index (χ4n) is 2.55. The number of hydrogen-bond acceptors (Lipinski definition) is 3. The summed E-state index contributed by atoms with van der Waals surface area (Å²) in [5, 5.41) is 4.88. The predicted octanol–water partition coefficient (Wildman–Crippen LogP) is 3.88. The molecule has 0 aliphatic carbocycles. The number of hydrazone groups is 1. The first-order chi connectivity index (χ1) is 12.0. The van der Waals surface area contributed by atoms with Crippen molar-refractivity contribution >= 4 is 46.9 Å². The highest BCUT2D eigenvalue weighted by Gasteiger charge is 2.21. The van der Waals surface area contributed by atoms with Crippen molar-refractivity contribution in [2.24, 2.45) is 5.10 Å². The monoisotopic (exact) mass is 375 g/mol. The summed E-state index contributed by atoms with van der Waals surface area (Å²) in [6.07, 6.45) is 2.89. The Balaban J connectivity index is 1.63. The molecular formula is C18H15Cl2N3O2. The minimum absolute atomic E-state index is 0.113. The van der Waals surface area contributed by atoms with Gasteiger partial charge < -0.3 is 4.90 Å². The van der Waals surface area contributed by atoms with Crippen LogP contribution in [0.25, 0.3) is 0 Å². The number of halogens is 2. The number of carbonyl (C=O) groups is 2. The molecule has 7 heteroatoms. The van der Waals surface area contributed by atoms with Crippen LogP contribution >= 0.6 is 23.2 Å². The lowest BCUT2D eigenvalue weighted by Gasteiger charge is -2.15. The summed E-state index contributed by atoms with van der Waals surface area (Å²) in [4.78, 5) is 25.6. The zero-order valence-electron chi connectivity index (χ0n) is 13.2. The summed E-state index contributed by atoms with van der Waals surface area (Å²) in [7, 11) is 0. The van der Waals surface area contributed by atoms with Crippen LogP contribution in [0, 0.1) is 0 Å². The van der Waals surface area contributed by atoms with E-state index in [-0.39, 0.29) is 11.8 Å². The third-order valence-corrected chi connectivity index (χ3v) is 4.41. The number of benzene rings is 2. The molecule has 5 nitrogen and oxygen atoms in total. The Morgan fingerprint density at radius 2 is 1.92 bits per heavy atom.